The summed E-state index contributed by atoms with van der Waals surface area (Å²) in [5.41, 5.74) is 5.30. The third kappa shape index (κ3) is 4.56. The number of nitrogens with one attached hydrogen (secondary N) is 2. The van der Waals surface area contributed by atoms with E-state index < -0.39 is 11.7 Å². The van der Waals surface area contributed by atoms with Crippen molar-refractivity contribution in [3.05, 3.63) is 54.2 Å². The fraction of sp³-hybridized carbons (Fsp3) is 0.357. The monoisotopic (exact) mass is 547 g/mol. The lowest BCUT2D eigenvalue weighted by atomic mass is 10.0. The van der Waals surface area contributed by atoms with Gasteiger partial charge in [-0.25, -0.2) is 23.1 Å². The van der Waals surface area contributed by atoms with Crippen molar-refractivity contribution < 1.29 is 13.2 Å². The average Bonchev–Trinajstić information content (AvgIpc) is 3.65. The summed E-state index contributed by atoms with van der Waals surface area (Å²) in [6.07, 6.45) is 4.93. The Kier molecular flexibility index (Phi) is 5.97. The molecular weight excluding hydrogens is 519 g/mol. The van der Waals surface area contributed by atoms with Crippen molar-refractivity contribution in [2.24, 2.45) is 0 Å². The average molecular weight is 548 g/mol. The van der Waals surface area contributed by atoms with Crippen LogP contribution in [0.1, 0.15) is 12.0 Å². The fourth-order valence-corrected chi connectivity index (χ4v) is 5.68. The molecule has 0 saturated carbocycles. The molecule has 0 atom stereocenters. The van der Waals surface area contributed by atoms with Gasteiger partial charge in [0.25, 0.3) is 5.92 Å². The van der Waals surface area contributed by atoms with Gasteiger partial charge >= 0.3 is 0 Å². The number of rotatable bonds is 5. The molecule has 2 aliphatic rings. The molecule has 206 valence electrons. The highest BCUT2D eigenvalue weighted by Gasteiger charge is 2.38. The lowest BCUT2D eigenvalue weighted by molar-refractivity contribution is 0.0115. The molecule has 0 unspecified atom stereocenters. The normalized spacial score (nSPS) is 18.4. The number of hydrogen-bond acceptors (Lipinski definition) is 7. The minimum absolute atomic E-state index is 0.139. The second-order valence-electron chi connectivity index (χ2n) is 10.8. The molecule has 5 aromatic rings. The van der Waals surface area contributed by atoms with E-state index in [1.165, 1.54) is 6.07 Å². The van der Waals surface area contributed by atoms with Gasteiger partial charge in [0.2, 0.25) is 0 Å². The molecule has 4 aromatic heterocycles. The first-order valence-corrected chi connectivity index (χ1v) is 13.3. The van der Waals surface area contributed by atoms with Crippen LogP contribution < -0.4 is 4.90 Å². The third-order valence-corrected chi connectivity index (χ3v) is 7.85. The van der Waals surface area contributed by atoms with E-state index in [9.17, 15) is 8.78 Å². The number of anilines is 1. The highest BCUT2D eigenvalue weighted by Crippen LogP contribution is 2.34. The number of likely N-dealkylation sites (N-methyl/N-ethyl adjacent to an activating group) is 1. The van der Waals surface area contributed by atoms with Gasteiger partial charge in [-0.3, -0.25) is 15.0 Å². The molecule has 40 heavy (non-hydrogen) atoms. The van der Waals surface area contributed by atoms with Crippen LogP contribution in [-0.4, -0.2) is 92.2 Å². The van der Waals surface area contributed by atoms with Gasteiger partial charge in [0, 0.05) is 75.2 Å². The van der Waals surface area contributed by atoms with Crippen LogP contribution >= 0.6 is 0 Å². The molecule has 9 nitrogen and oxygen atoms in total. The number of imidazole rings is 1. The van der Waals surface area contributed by atoms with Gasteiger partial charge in [0.05, 0.1) is 12.2 Å². The molecule has 0 radical (unpaired) electrons. The van der Waals surface area contributed by atoms with E-state index in [-0.39, 0.29) is 18.5 Å². The summed E-state index contributed by atoms with van der Waals surface area (Å²) in [5, 5.41) is 7.76. The number of nitrogens with zero attached hydrogens (tertiary/aromatic N) is 7. The second kappa shape index (κ2) is 9.56. The maximum absolute atomic E-state index is 15.3. The van der Waals surface area contributed by atoms with Crippen molar-refractivity contribution in [2.75, 3.05) is 51.2 Å². The number of alkyl halides is 2. The maximum atomic E-state index is 15.3. The summed E-state index contributed by atoms with van der Waals surface area (Å²) in [6.45, 7) is 4.17. The van der Waals surface area contributed by atoms with Crippen LogP contribution in [0.15, 0.2) is 42.9 Å². The lowest BCUT2D eigenvalue weighted by Crippen LogP contribution is -2.44. The molecular formula is C28H28F3N9. The van der Waals surface area contributed by atoms with Gasteiger partial charge in [-0.2, -0.15) is 5.10 Å². The molecule has 7 rings (SSSR count). The van der Waals surface area contributed by atoms with Crippen LogP contribution in [0, 0.1) is 5.82 Å². The zero-order chi connectivity index (χ0) is 27.4. The van der Waals surface area contributed by atoms with Gasteiger partial charge in [-0.15, -0.1) is 0 Å². The molecule has 0 aliphatic carbocycles. The topological polar surface area (TPSA) is 92.9 Å². The van der Waals surface area contributed by atoms with Crippen LogP contribution in [0.5, 0.6) is 0 Å². The van der Waals surface area contributed by atoms with Crippen molar-refractivity contribution in [3.8, 4) is 22.6 Å². The summed E-state index contributed by atoms with van der Waals surface area (Å²) in [7, 11) is 2.12. The molecule has 1 aromatic carbocycles. The molecule has 0 bridgehead atoms. The Balaban J connectivity index is 1.23. The van der Waals surface area contributed by atoms with Gasteiger partial charge in [-0.05, 0) is 42.4 Å². The van der Waals surface area contributed by atoms with Crippen LogP contribution in [0.25, 0.3) is 44.7 Å². The molecule has 6 heterocycles. The van der Waals surface area contributed by atoms with Crippen LogP contribution in [0.3, 0.4) is 0 Å². The number of H-pyrrole nitrogens is 2. The first-order chi connectivity index (χ1) is 19.3. The van der Waals surface area contributed by atoms with Crippen LogP contribution in [0.4, 0.5) is 18.9 Å². The molecule has 2 N–H and O–H groups in total. The number of likely N-dealkylation sites (tertiary alicyclic amines) is 1. The van der Waals surface area contributed by atoms with Crippen molar-refractivity contribution in [2.45, 2.75) is 18.9 Å². The standard InChI is InChI=1S/C28H28F3N9/c1-38-6-8-40(9-7-38)22-2-4-33-26-25(22)34-27(35-26)24-20-11-18(12-21(29)23(20)36-37-24)19-10-17(13-32-14-19)15-39-5-3-28(30,31)16-39/h2,4,10-14H,3,5-9,15-16H2,1H3,(H,36,37)(H,33,34,35). The smallest absolute Gasteiger partial charge is 0.261 e. The Morgan fingerprint density at radius 2 is 1.88 bits per heavy atom. The Bertz CT molecular complexity index is 1700. The summed E-state index contributed by atoms with van der Waals surface area (Å²) in [4.78, 5) is 23.2. The van der Waals surface area contributed by atoms with Crippen molar-refractivity contribution in [1.82, 2.24) is 39.9 Å². The van der Waals surface area contributed by atoms with E-state index in [2.05, 4.69) is 42.0 Å². The Hall–Kier alpha value is -4.03. The van der Waals surface area contributed by atoms with Gasteiger partial charge < -0.3 is 14.8 Å². The van der Waals surface area contributed by atoms with E-state index in [1.807, 2.05) is 18.2 Å². The number of aromatic amines is 2. The Morgan fingerprint density at radius 3 is 2.67 bits per heavy atom. The number of pyridine rings is 2. The summed E-state index contributed by atoms with van der Waals surface area (Å²) >= 11 is 0. The minimum Gasteiger partial charge on any atom is -0.367 e. The number of fused-ring (bicyclic) bond motifs is 2. The SMILES string of the molecule is CN1CCN(c2ccnc3nc(-c4[nH]nc5c(F)cc(-c6cncc(CN7CCC(F)(F)C7)c6)cc45)[nH]c23)CC1. The zero-order valence-corrected chi connectivity index (χ0v) is 22.0. The van der Waals surface area contributed by atoms with Crippen LogP contribution in [0.2, 0.25) is 0 Å². The first kappa shape index (κ1) is 25.0. The number of piperazine rings is 1. The lowest BCUT2D eigenvalue weighted by Gasteiger charge is -2.34. The maximum Gasteiger partial charge on any atom is 0.261 e. The number of halogens is 3. The van der Waals surface area contributed by atoms with E-state index in [1.54, 1.807) is 23.5 Å². The minimum atomic E-state index is -2.66. The molecule has 2 aliphatic heterocycles. The quantitative estimate of drug-likeness (QED) is 0.339. The molecule has 12 heteroatoms. The van der Waals surface area contributed by atoms with Crippen molar-refractivity contribution in [1.29, 1.82) is 0 Å². The van der Waals surface area contributed by atoms with Crippen molar-refractivity contribution in [3.63, 3.8) is 0 Å². The molecule has 0 spiro atoms. The molecule has 0 amide bonds. The summed E-state index contributed by atoms with van der Waals surface area (Å²) in [6, 6.07) is 7.13. The predicted molar refractivity (Wildman–Crippen MR) is 147 cm³/mol. The largest absolute Gasteiger partial charge is 0.367 e. The van der Waals surface area contributed by atoms with E-state index in [0.29, 0.717) is 46.8 Å². The van der Waals surface area contributed by atoms with Gasteiger partial charge in [0.1, 0.15) is 16.7 Å². The van der Waals surface area contributed by atoms with Gasteiger partial charge in [0.15, 0.2) is 17.3 Å². The fourth-order valence-electron chi connectivity index (χ4n) is 5.68. The Morgan fingerprint density at radius 1 is 1.02 bits per heavy atom. The van der Waals surface area contributed by atoms with Crippen LogP contribution in [-0.2, 0) is 6.54 Å². The Labute approximate surface area is 228 Å². The zero-order valence-electron chi connectivity index (χ0n) is 22.0. The number of hydrogen-bond donors (Lipinski definition) is 2. The molecule has 2 fully saturated rings. The van der Waals surface area contributed by atoms with Gasteiger partial charge in [-0.1, -0.05) is 0 Å². The predicted octanol–water partition coefficient (Wildman–Crippen LogP) is 4.30. The third-order valence-electron chi connectivity index (χ3n) is 7.85. The van der Waals surface area contributed by atoms with Crippen molar-refractivity contribution >= 4 is 27.8 Å². The highest BCUT2D eigenvalue weighted by atomic mass is 19.3. The number of aromatic nitrogens is 6. The number of benzene rings is 1. The highest BCUT2D eigenvalue weighted by molar-refractivity contribution is 5.97. The van der Waals surface area contributed by atoms with E-state index in [0.717, 1.165) is 42.9 Å². The van der Waals surface area contributed by atoms with E-state index >= 15 is 4.39 Å². The summed E-state index contributed by atoms with van der Waals surface area (Å²) < 4.78 is 42.6. The van der Waals surface area contributed by atoms with E-state index in [4.69, 9.17) is 4.98 Å². The summed E-state index contributed by atoms with van der Waals surface area (Å²) in [5.74, 6) is -2.62. The molecule has 2 saturated heterocycles. The first-order valence-electron chi connectivity index (χ1n) is 13.3. The second-order valence-corrected chi connectivity index (χ2v) is 10.8.